The molecule has 2 atom stereocenters. The van der Waals surface area contributed by atoms with E-state index >= 15 is 4.39 Å². The van der Waals surface area contributed by atoms with Gasteiger partial charge >= 0.3 is 12.2 Å². The molecule has 0 spiro atoms. The van der Waals surface area contributed by atoms with Crippen LogP contribution in [0.3, 0.4) is 0 Å². The van der Waals surface area contributed by atoms with Gasteiger partial charge in [-0.2, -0.15) is 23.1 Å². The molecule has 0 amide bonds. The Morgan fingerprint density at radius 3 is 2.45 bits per heavy atom. The number of nitrogens with one attached hydrogen (secondary N) is 1. The number of fused-ring (bicyclic) bond motifs is 3. The van der Waals surface area contributed by atoms with Crippen LogP contribution in [0.2, 0.25) is 0 Å². The van der Waals surface area contributed by atoms with E-state index in [-0.39, 0.29) is 40.4 Å². The van der Waals surface area contributed by atoms with Crippen molar-refractivity contribution in [2.24, 2.45) is 5.41 Å². The molecule has 1 saturated carbocycles. The number of alkyl halides is 3. The van der Waals surface area contributed by atoms with Gasteiger partial charge in [0.2, 0.25) is 0 Å². The Morgan fingerprint density at radius 2 is 1.79 bits per heavy atom. The molecular weight excluding hydrogens is 552 g/mol. The molecule has 9 nitrogen and oxygen atoms in total. The maximum absolute atomic E-state index is 16.3. The Labute approximate surface area is 240 Å². The summed E-state index contributed by atoms with van der Waals surface area (Å²) >= 11 is 0. The lowest BCUT2D eigenvalue weighted by Gasteiger charge is -2.34. The van der Waals surface area contributed by atoms with E-state index in [1.807, 2.05) is 0 Å². The summed E-state index contributed by atoms with van der Waals surface area (Å²) < 4.78 is 64.8. The minimum atomic E-state index is -4.79. The number of rotatable bonds is 7. The second-order valence-electron chi connectivity index (χ2n) is 12.4. The van der Waals surface area contributed by atoms with Gasteiger partial charge in [0, 0.05) is 43.3 Å². The topological polar surface area (TPSA) is 105 Å². The lowest BCUT2D eigenvalue weighted by atomic mass is 10.0. The van der Waals surface area contributed by atoms with Gasteiger partial charge in [-0.15, -0.1) is 0 Å². The number of aryl methyl sites for hydroxylation is 1. The fourth-order valence-corrected chi connectivity index (χ4v) is 6.85. The second kappa shape index (κ2) is 10.1. The van der Waals surface area contributed by atoms with Crippen molar-refractivity contribution in [3.05, 3.63) is 29.2 Å². The van der Waals surface area contributed by atoms with E-state index < -0.39 is 28.9 Å². The largest absolute Gasteiger partial charge is 0.463 e. The summed E-state index contributed by atoms with van der Waals surface area (Å²) in [6, 6.07) is 1.69. The summed E-state index contributed by atoms with van der Waals surface area (Å²) in [5, 5.41) is 3.89. The molecule has 1 aliphatic carbocycles. The number of piperazine rings is 1. The molecule has 0 unspecified atom stereocenters. The molecular formula is C29H34F4N8O. The van der Waals surface area contributed by atoms with Gasteiger partial charge in [0.15, 0.2) is 5.82 Å². The Morgan fingerprint density at radius 1 is 1.07 bits per heavy atom. The van der Waals surface area contributed by atoms with Crippen molar-refractivity contribution in [3.63, 3.8) is 0 Å². The maximum Gasteiger partial charge on any atom is 0.418 e. The van der Waals surface area contributed by atoms with Crippen LogP contribution in [-0.4, -0.2) is 76.3 Å². The van der Waals surface area contributed by atoms with Crippen molar-refractivity contribution < 1.29 is 22.3 Å². The third-order valence-electron chi connectivity index (χ3n) is 9.13. The zero-order valence-electron chi connectivity index (χ0n) is 23.5. The molecule has 0 aromatic carbocycles. The molecule has 7 rings (SSSR count). The van der Waals surface area contributed by atoms with Crippen molar-refractivity contribution >= 4 is 22.5 Å². The summed E-state index contributed by atoms with van der Waals surface area (Å²) in [5.74, 6) is -0.697. The second-order valence-corrected chi connectivity index (χ2v) is 12.4. The molecule has 3 N–H and O–H groups in total. The number of nitrogens with two attached hydrogens (primary N) is 1. The van der Waals surface area contributed by atoms with Crippen molar-refractivity contribution in [2.75, 3.05) is 50.0 Å². The first-order valence-electron chi connectivity index (χ1n) is 14.7. The van der Waals surface area contributed by atoms with Crippen molar-refractivity contribution in [3.8, 4) is 17.4 Å². The third-order valence-corrected chi connectivity index (χ3v) is 9.13. The summed E-state index contributed by atoms with van der Waals surface area (Å²) in [6.07, 6.45) is 3.09. The number of hydrogen-bond acceptors (Lipinski definition) is 9. The van der Waals surface area contributed by atoms with Crippen molar-refractivity contribution in [2.45, 2.75) is 63.7 Å². The SMILES string of the molecule is Cc1cc(N)nc(-c2ncc3c(N4C[C@H]5CC[C@@H](C4)N5)nc(OCC4(CN5CCCC5)CC4)nc3c2F)c1C(F)(F)F. The number of ether oxygens (including phenoxy) is 1. The lowest BCUT2D eigenvalue weighted by Crippen LogP contribution is -2.51. The first-order valence-corrected chi connectivity index (χ1v) is 14.7. The van der Waals surface area contributed by atoms with Crippen LogP contribution in [0.5, 0.6) is 6.01 Å². The number of likely N-dealkylation sites (tertiary alicyclic amines) is 1. The summed E-state index contributed by atoms with van der Waals surface area (Å²) in [6.45, 7) is 6.11. The number of nitrogen functional groups attached to an aromatic ring is 1. The fraction of sp³-hybridized carbons (Fsp3) is 0.586. The molecule has 3 aromatic rings. The number of anilines is 2. The summed E-state index contributed by atoms with van der Waals surface area (Å²) in [4.78, 5) is 21.7. The van der Waals surface area contributed by atoms with E-state index in [0.29, 0.717) is 30.9 Å². The maximum atomic E-state index is 16.3. The van der Waals surface area contributed by atoms with Gasteiger partial charge in [0.25, 0.3) is 0 Å². The van der Waals surface area contributed by atoms with Gasteiger partial charge in [-0.1, -0.05) is 0 Å². The number of hydrogen-bond donors (Lipinski definition) is 2. The highest BCUT2D eigenvalue weighted by atomic mass is 19.4. The minimum Gasteiger partial charge on any atom is -0.463 e. The van der Waals surface area contributed by atoms with Crippen LogP contribution in [0, 0.1) is 18.2 Å². The van der Waals surface area contributed by atoms with Crippen LogP contribution >= 0.6 is 0 Å². The van der Waals surface area contributed by atoms with Gasteiger partial charge in [0.05, 0.1) is 17.6 Å². The van der Waals surface area contributed by atoms with Gasteiger partial charge < -0.3 is 25.6 Å². The summed E-state index contributed by atoms with van der Waals surface area (Å²) in [5.41, 5.74) is 3.21. The van der Waals surface area contributed by atoms with Crippen LogP contribution in [0.4, 0.5) is 29.2 Å². The third kappa shape index (κ3) is 5.10. The lowest BCUT2D eigenvalue weighted by molar-refractivity contribution is -0.137. The quantitative estimate of drug-likeness (QED) is 0.392. The monoisotopic (exact) mass is 586 g/mol. The number of pyridine rings is 2. The van der Waals surface area contributed by atoms with Gasteiger partial charge in [-0.05, 0) is 70.2 Å². The fourth-order valence-electron chi connectivity index (χ4n) is 6.85. The molecule has 3 aromatic heterocycles. The Balaban J connectivity index is 1.30. The van der Waals surface area contributed by atoms with Gasteiger partial charge in [0.1, 0.15) is 28.5 Å². The van der Waals surface area contributed by atoms with Crippen LogP contribution in [0.25, 0.3) is 22.3 Å². The first-order chi connectivity index (χ1) is 20.1. The van der Waals surface area contributed by atoms with Crippen LogP contribution < -0.4 is 20.7 Å². The zero-order chi connectivity index (χ0) is 29.2. The Hall–Kier alpha value is -3.32. The predicted molar refractivity (Wildman–Crippen MR) is 150 cm³/mol. The highest BCUT2D eigenvalue weighted by molar-refractivity contribution is 5.92. The van der Waals surface area contributed by atoms with Gasteiger partial charge in [-0.3, -0.25) is 4.98 Å². The molecule has 13 heteroatoms. The molecule has 2 bridgehead atoms. The van der Waals surface area contributed by atoms with E-state index in [4.69, 9.17) is 15.5 Å². The molecule has 224 valence electrons. The summed E-state index contributed by atoms with van der Waals surface area (Å²) in [7, 11) is 0. The van der Waals surface area contributed by atoms with Crippen LogP contribution in [0.1, 0.15) is 49.7 Å². The molecule has 3 aliphatic heterocycles. The van der Waals surface area contributed by atoms with E-state index in [0.717, 1.165) is 51.4 Å². The van der Waals surface area contributed by atoms with E-state index in [9.17, 15) is 13.2 Å². The molecule has 0 radical (unpaired) electrons. The van der Waals surface area contributed by atoms with Crippen molar-refractivity contribution in [1.82, 2.24) is 30.2 Å². The van der Waals surface area contributed by atoms with Crippen LogP contribution in [0.15, 0.2) is 12.3 Å². The van der Waals surface area contributed by atoms with E-state index in [1.165, 1.54) is 26.0 Å². The number of halogens is 4. The minimum absolute atomic E-state index is 0.0138. The van der Waals surface area contributed by atoms with E-state index in [1.54, 1.807) is 0 Å². The van der Waals surface area contributed by atoms with Crippen LogP contribution in [-0.2, 0) is 6.18 Å². The molecule has 42 heavy (non-hydrogen) atoms. The van der Waals surface area contributed by atoms with Crippen molar-refractivity contribution in [1.29, 1.82) is 0 Å². The average Bonchev–Trinajstić information content (AvgIpc) is 3.33. The average molecular weight is 587 g/mol. The van der Waals surface area contributed by atoms with Gasteiger partial charge in [-0.25, -0.2) is 9.37 Å². The Bertz CT molecular complexity index is 1510. The molecule has 4 aliphatic rings. The smallest absolute Gasteiger partial charge is 0.418 e. The standard InChI is InChI=1S/C29H34F4N8O/c1-16-10-20(34)37-24(21(16)29(31,32)33)25-22(30)23-19(11-35-25)26(41-12-17-4-5-18(13-41)36-17)39-27(38-23)42-15-28(6-7-28)14-40-8-2-3-9-40/h10-11,17-18,36H,2-9,12-15H2,1H3,(H2,34,37)/t17-,18+. The molecule has 3 saturated heterocycles. The Kier molecular flexibility index (Phi) is 6.65. The first kappa shape index (κ1) is 27.5. The molecule has 6 heterocycles. The predicted octanol–water partition coefficient (Wildman–Crippen LogP) is 4.33. The highest BCUT2D eigenvalue weighted by Crippen LogP contribution is 2.47. The normalized spacial score (nSPS) is 23.6. The zero-order valence-corrected chi connectivity index (χ0v) is 23.5. The number of nitrogens with zero attached hydrogens (tertiary/aromatic N) is 6. The highest BCUT2D eigenvalue weighted by Gasteiger charge is 2.45. The number of aromatic nitrogens is 4. The van der Waals surface area contributed by atoms with E-state index in [2.05, 4.69) is 30.1 Å². The molecule has 4 fully saturated rings.